The van der Waals surface area contributed by atoms with Crippen LogP contribution < -0.4 is 10.6 Å². The van der Waals surface area contributed by atoms with Crippen LogP contribution in [-0.2, 0) is 16.1 Å². The van der Waals surface area contributed by atoms with E-state index < -0.39 is 5.97 Å². The number of nitrogens with zero attached hydrogens (tertiary/aromatic N) is 1. The van der Waals surface area contributed by atoms with E-state index >= 15 is 0 Å². The molecule has 1 aliphatic rings. The number of carbonyl (C=O) groups is 2. The third-order valence-electron chi connectivity index (χ3n) is 3.44. The SMILES string of the molecule is CCOC(=O)c1csc(CNC(=O)[C@H]2CCN[C@@H](C)C2)n1. The number of piperidine rings is 1. The highest BCUT2D eigenvalue weighted by Crippen LogP contribution is 2.17. The van der Waals surface area contributed by atoms with Crippen LogP contribution in [0.3, 0.4) is 0 Å². The fourth-order valence-corrected chi connectivity index (χ4v) is 3.07. The van der Waals surface area contributed by atoms with Crippen molar-refractivity contribution in [3.05, 3.63) is 16.1 Å². The summed E-state index contributed by atoms with van der Waals surface area (Å²) in [5.74, 6) is -0.291. The molecule has 0 aromatic carbocycles. The van der Waals surface area contributed by atoms with E-state index in [1.807, 2.05) is 0 Å². The van der Waals surface area contributed by atoms with E-state index in [0.717, 1.165) is 19.4 Å². The zero-order valence-electron chi connectivity index (χ0n) is 12.3. The third-order valence-corrected chi connectivity index (χ3v) is 4.29. The van der Waals surface area contributed by atoms with Gasteiger partial charge in [0.2, 0.25) is 5.91 Å². The molecule has 0 saturated carbocycles. The van der Waals surface area contributed by atoms with E-state index in [1.54, 1.807) is 12.3 Å². The Bertz CT molecular complexity index is 503. The molecule has 1 saturated heterocycles. The summed E-state index contributed by atoms with van der Waals surface area (Å²) in [6.45, 7) is 5.42. The highest BCUT2D eigenvalue weighted by Gasteiger charge is 2.24. The largest absolute Gasteiger partial charge is 0.461 e. The van der Waals surface area contributed by atoms with Gasteiger partial charge >= 0.3 is 5.97 Å². The lowest BCUT2D eigenvalue weighted by Gasteiger charge is -2.26. The monoisotopic (exact) mass is 311 g/mol. The molecule has 0 spiro atoms. The summed E-state index contributed by atoms with van der Waals surface area (Å²) in [5, 5.41) is 8.60. The van der Waals surface area contributed by atoms with Gasteiger partial charge in [-0.05, 0) is 33.2 Å². The van der Waals surface area contributed by atoms with Crippen LogP contribution in [0.1, 0.15) is 42.2 Å². The standard InChI is InChI=1S/C14H21N3O3S/c1-3-20-14(19)11-8-21-12(17-11)7-16-13(18)10-4-5-15-9(2)6-10/h8-10,15H,3-7H2,1-2H3,(H,16,18)/t9-,10-/m0/s1. The van der Waals surface area contributed by atoms with E-state index in [4.69, 9.17) is 4.74 Å². The molecule has 1 aromatic rings. The molecule has 0 aliphatic carbocycles. The number of carbonyl (C=O) groups excluding carboxylic acids is 2. The molecule has 2 heterocycles. The van der Waals surface area contributed by atoms with Gasteiger partial charge in [-0.15, -0.1) is 11.3 Å². The molecule has 0 unspecified atom stereocenters. The number of thiazole rings is 1. The second-order valence-electron chi connectivity index (χ2n) is 5.14. The molecular formula is C14H21N3O3S. The highest BCUT2D eigenvalue weighted by molar-refractivity contribution is 7.09. The highest BCUT2D eigenvalue weighted by atomic mass is 32.1. The Morgan fingerprint density at radius 1 is 1.57 bits per heavy atom. The first-order valence-electron chi connectivity index (χ1n) is 7.22. The lowest BCUT2D eigenvalue weighted by atomic mass is 9.92. The number of nitrogens with one attached hydrogen (secondary N) is 2. The Morgan fingerprint density at radius 3 is 3.10 bits per heavy atom. The predicted molar refractivity (Wildman–Crippen MR) is 80.1 cm³/mol. The van der Waals surface area contributed by atoms with Crippen LogP contribution in [0.2, 0.25) is 0 Å². The minimum absolute atomic E-state index is 0.0609. The normalized spacial score (nSPS) is 21.8. The number of ether oxygens (including phenoxy) is 1. The Labute approximate surface area is 128 Å². The van der Waals surface area contributed by atoms with Gasteiger partial charge in [-0.25, -0.2) is 9.78 Å². The van der Waals surface area contributed by atoms with E-state index in [2.05, 4.69) is 22.5 Å². The van der Waals surface area contributed by atoms with Gasteiger partial charge in [0.05, 0.1) is 13.2 Å². The van der Waals surface area contributed by atoms with Crippen LogP contribution in [0.15, 0.2) is 5.38 Å². The van der Waals surface area contributed by atoms with Crippen LogP contribution in [-0.4, -0.2) is 36.1 Å². The zero-order chi connectivity index (χ0) is 15.2. The summed E-state index contributed by atoms with van der Waals surface area (Å²) in [6.07, 6.45) is 1.72. The predicted octanol–water partition coefficient (Wildman–Crippen LogP) is 1.32. The van der Waals surface area contributed by atoms with E-state index in [9.17, 15) is 9.59 Å². The first-order chi connectivity index (χ1) is 10.1. The Kier molecular flexibility index (Phi) is 5.69. The summed E-state index contributed by atoms with van der Waals surface area (Å²) in [5.41, 5.74) is 0.307. The van der Waals surface area contributed by atoms with Crippen LogP contribution in [0, 0.1) is 5.92 Å². The number of rotatable bonds is 5. The van der Waals surface area contributed by atoms with Crippen molar-refractivity contribution >= 4 is 23.2 Å². The molecule has 7 heteroatoms. The summed E-state index contributed by atoms with van der Waals surface area (Å²) >= 11 is 1.35. The maximum Gasteiger partial charge on any atom is 0.357 e. The zero-order valence-corrected chi connectivity index (χ0v) is 13.2. The minimum Gasteiger partial charge on any atom is -0.461 e. The maximum atomic E-state index is 12.1. The van der Waals surface area contributed by atoms with E-state index in [-0.39, 0.29) is 11.8 Å². The molecule has 21 heavy (non-hydrogen) atoms. The molecule has 1 aliphatic heterocycles. The van der Waals surface area contributed by atoms with Crippen molar-refractivity contribution in [2.45, 2.75) is 39.3 Å². The lowest BCUT2D eigenvalue weighted by Crippen LogP contribution is -2.42. The van der Waals surface area contributed by atoms with Crippen molar-refractivity contribution in [3.63, 3.8) is 0 Å². The average molecular weight is 311 g/mol. The molecule has 1 aromatic heterocycles. The molecule has 2 atom stereocenters. The van der Waals surface area contributed by atoms with Crippen molar-refractivity contribution in [1.82, 2.24) is 15.6 Å². The Morgan fingerprint density at radius 2 is 2.38 bits per heavy atom. The molecule has 0 radical (unpaired) electrons. The van der Waals surface area contributed by atoms with Crippen molar-refractivity contribution < 1.29 is 14.3 Å². The number of hydrogen-bond acceptors (Lipinski definition) is 6. The van der Waals surface area contributed by atoms with Gasteiger partial charge in [-0.2, -0.15) is 0 Å². The van der Waals surface area contributed by atoms with Gasteiger partial charge < -0.3 is 15.4 Å². The molecule has 6 nitrogen and oxygen atoms in total. The van der Waals surface area contributed by atoms with Gasteiger partial charge in [0.15, 0.2) is 5.69 Å². The van der Waals surface area contributed by atoms with E-state index in [1.165, 1.54) is 11.3 Å². The second-order valence-corrected chi connectivity index (χ2v) is 6.08. The maximum absolute atomic E-state index is 12.1. The first kappa shape index (κ1) is 15.9. The molecule has 2 N–H and O–H groups in total. The summed E-state index contributed by atoms with van der Waals surface area (Å²) in [7, 11) is 0. The van der Waals surface area contributed by atoms with Crippen LogP contribution in [0.5, 0.6) is 0 Å². The smallest absolute Gasteiger partial charge is 0.357 e. The van der Waals surface area contributed by atoms with Gasteiger partial charge in [-0.3, -0.25) is 4.79 Å². The molecular weight excluding hydrogens is 290 g/mol. The summed E-state index contributed by atoms with van der Waals surface area (Å²) in [6, 6.07) is 0.379. The first-order valence-corrected chi connectivity index (χ1v) is 8.10. The quantitative estimate of drug-likeness (QED) is 0.802. The van der Waals surface area contributed by atoms with Gasteiger partial charge in [0.25, 0.3) is 0 Å². The van der Waals surface area contributed by atoms with E-state index in [0.29, 0.717) is 29.9 Å². The molecule has 1 amide bonds. The molecule has 2 rings (SSSR count). The van der Waals surface area contributed by atoms with Crippen molar-refractivity contribution in [1.29, 1.82) is 0 Å². The fourth-order valence-electron chi connectivity index (χ4n) is 2.37. The molecule has 116 valence electrons. The Balaban J connectivity index is 1.82. The van der Waals surface area contributed by atoms with Gasteiger partial charge in [-0.1, -0.05) is 0 Å². The summed E-state index contributed by atoms with van der Waals surface area (Å²) in [4.78, 5) is 27.8. The molecule has 0 bridgehead atoms. The number of hydrogen-bond donors (Lipinski definition) is 2. The molecule has 1 fully saturated rings. The van der Waals surface area contributed by atoms with Crippen LogP contribution in [0.4, 0.5) is 0 Å². The lowest BCUT2D eigenvalue weighted by molar-refractivity contribution is -0.126. The number of aromatic nitrogens is 1. The minimum atomic E-state index is -0.418. The van der Waals surface area contributed by atoms with Crippen molar-refractivity contribution in [2.24, 2.45) is 5.92 Å². The number of esters is 1. The second kappa shape index (κ2) is 7.51. The van der Waals surface area contributed by atoms with Crippen LogP contribution >= 0.6 is 11.3 Å². The van der Waals surface area contributed by atoms with Crippen molar-refractivity contribution in [3.8, 4) is 0 Å². The topological polar surface area (TPSA) is 80.3 Å². The average Bonchev–Trinajstić information content (AvgIpc) is 2.94. The van der Waals surface area contributed by atoms with Crippen LogP contribution in [0.25, 0.3) is 0 Å². The van der Waals surface area contributed by atoms with Crippen molar-refractivity contribution in [2.75, 3.05) is 13.2 Å². The fraction of sp³-hybridized carbons (Fsp3) is 0.643. The third kappa shape index (κ3) is 4.50. The Hall–Kier alpha value is -1.47. The van der Waals surface area contributed by atoms with Gasteiger partial charge in [0, 0.05) is 17.3 Å². The summed E-state index contributed by atoms with van der Waals surface area (Å²) < 4.78 is 4.88. The van der Waals surface area contributed by atoms with Gasteiger partial charge in [0.1, 0.15) is 5.01 Å². The number of amides is 1.